The molecule has 0 amide bonds. The van der Waals surface area contributed by atoms with Crippen molar-refractivity contribution in [1.82, 2.24) is 20.4 Å². The van der Waals surface area contributed by atoms with Gasteiger partial charge < -0.3 is 10.6 Å². The fraction of sp³-hybridized carbons (Fsp3) is 0.474. The molecule has 1 unspecified atom stereocenters. The first-order chi connectivity index (χ1) is 12.3. The molecule has 1 aromatic carbocycles. The molecule has 2 aromatic rings. The fourth-order valence-electron chi connectivity index (χ4n) is 2.94. The summed E-state index contributed by atoms with van der Waals surface area (Å²) in [4.78, 5) is 4.21. The maximum atomic E-state index is 13.7. The molecule has 0 bridgehead atoms. The highest BCUT2D eigenvalue weighted by Crippen LogP contribution is 2.14. The van der Waals surface area contributed by atoms with Crippen LogP contribution in [-0.4, -0.2) is 35.4 Å². The molecule has 2 rings (SSSR count). The first kappa shape index (κ1) is 19.9. The van der Waals surface area contributed by atoms with Gasteiger partial charge in [0.2, 0.25) is 0 Å². The van der Waals surface area contributed by atoms with E-state index in [4.69, 9.17) is 0 Å². The average Bonchev–Trinajstić information content (AvgIpc) is 2.82. The molecular formula is C19H27F2N5. The summed E-state index contributed by atoms with van der Waals surface area (Å²) in [6.45, 7) is 6.66. The van der Waals surface area contributed by atoms with Crippen LogP contribution in [0.25, 0.3) is 0 Å². The van der Waals surface area contributed by atoms with E-state index in [0.717, 1.165) is 23.9 Å². The zero-order valence-electron chi connectivity index (χ0n) is 16.0. The van der Waals surface area contributed by atoms with Crippen LogP contribution in [0.15, 0.2) is 23.2 Å². The van der Waals surface area contributed by atoms with Crippen molar-refractivity contribution >= 4 is 5.96 Å². The Kier molecular flexibility index (Phi) is 6.71. The van der Waals surface area contributed by atoms with Gasteiger partial charge in [0.1, 0.15) is 11.6 Å². The molecule has 0 aliphatic heterocycles. The number of aromatic nitrogens is 2. The van der Waals surface area contributed by atoms with E-state index >= 15 is 0 Å². The molecule has 1 atom stereocenters. The van der Waals surface area contributed by atoms with E-state index < -0.39 is 11.6 Å². The van der Waals surface area contributed by atoms with Crippen LogP contribution < -0.4 is 10.6 Å². The highest BCUT2D eigenvalue weighted by Gasteiger charge is 2.14. The Bertz CT molecular complexity index is 782. The molecule has 2 N–H and O–H groups in total. The lowest BCUT2D eigenvalue weighted by Crippen LogP contribution is -2.43. The van der Waals surface area contributed by atoms with Crippen LogP contribution in [-0.2, 0) is 19.9 Å². The van der Waals surface area contributed by atoms with Gasteiger partial charge in [-0.05, 0) is 50.8 Å². The van der Waals surface area contributed by atoms with E-state index in [1.807, 2.05) is 18.7 Å². The number of nitrogens with one attached hydrogen (secondary N) is 2. The van der Waals surface area contributed by atoms with Gasteiger partial charge in [-0.3, -0.25) is 9.67 Å². The van der Waals surface area contributed by atoms with Crippen LogP contribution in [0.2, 0.25) is 0 Å². The molecule has 142 valence electrons. The minimum atomic E-state index is -0.563. The lowest BCUT2D eigenvalue weighted by Gasteiger charge is -2.18. The average molecular weight is 363 g/mol. The summed E-state index contributed by atoms with van der Waals surface area (Å²) in [5.41, 5.74) is 3.90. The van der Waals surface area contributed by atoms with Crippen LogP contribution in [0, 0.1) is 25.5 Å². The van der Waals surface area contributed by atoms with Gasteiger partial charge in [-0.15, -0.1) is 0 Å². The summed E-state index contributed by atoms with van der Waals surface area (Å²) in [6, 6.07) is 3.80. The number of benzene rings is 1. The van der Waals surface area contributed by atoms with E-state index in [1.54, 1.807) is 7.05 Å². The van der Waals surface area contributed by atoms with Gasteiger partial charge in [0, 0.05) is 38.4 Å². The van der Waals surface area contributed by atoms with Gasteiger partial charge in [0.05, 0.1) is 5.69 Å². The molecule has 0 aliphatic carbocycles. The molecule has 0 fully saturated rings. The van der Waals surface area contributed by atoms with Crippen molar-refractivity contribution in [2.45, 2.75) is 39.7 Å². The second-order valence-electron chi connectivity index (χ2n) is 6.51. The summed E-state index contributed by atoms with van der Waals surface area (Å²) in [6.07, 6.45) is 1.28. The normalized spacial score (nSPS) is 13.0. The van der Waals surface area contributed by atoms with Gasteiger partial charge in [-0.2, -0.15) is 5.10 Å². The first-order valence-electron chi connectivity index (χ1n) is 8.72. The molecule has 0 aliphatic rings. The predicted octanol–water partition coefficient (Wildman–Crippen LogP) is 2.65. The molecule has 5 nitrogen and oxygen atoms in total. The molecule has 0 radical (unpaired) electrons. The van der Waals surface area contributed by atoms with E-state index in [9.17, 15) is 8.78 Å². The summed E-state index contributed by atoms with van der Waals surface area (Å²) >= 11 is 0. The lowest BCUT2D eigenvalue weighted by atomic mass is 10.1. The SMILES string of the molecule is CN=C(NCCc1ccc(F)cc1F)NC(C)Cc1c(C)nn(C)c1C. The molecule has 1 aromatic heterocycles. The summed E-state index contributed by atoms with van der Waals surface area (Å²) < 4.78 is 28.5. The molecule has 0 saturated heterocycles. The number of aryl methyl sites for hydroxylation is 2. The van der Waals surface area contributed by atoms with Gasteiger partial charge in [-0.1, -0.05) is 6.07 Å². The third kappa shape index (κ3) is 5.03. The molecule has 0 saturated carbocycles. The van der Waals surface area contributed by atoms with Crippen LogP contribution in [0.1, 0.15) is 29.4 Å². The Labute approximate surface area is 153 Å². The maximum absolute atomic E-state index is 13.7. The largest absolute Gasteiger partial charge is 0.356 e. The third-order valence-electron chi connectivity index (χ3n) is 4.48. The van der Waals surface area contributed by atoms with Crippen LogP contribution >= 0.6 is 0 Å². The first-order valence-corrected chi connectivity index (χ1v) is 8.72. The van der Waals surface area contributed by atoms with Crippen molar-refractivity contribution in [3.05, 3.63) is 52.3 Å². The number of hydrogen-bond acceptors (Lipinski definition) is 2. The van der Waals surface area contributed by atoms with Crippen molar-refractivity contribution in [3.8, 4) is 0 Å². The Morgan fingerprint density at radius 3 is 2.62 bits per heavy atom. The van der Waals surface area contributed by atoms with Gasteiger partial charge in [0.15, 0.2) is 5.96 Å². The van der Waals surface area contributed by atoms with Crippen molar-refractivity contribution < 1.29 is 8.78 Å². The molecule has 7 heteroatoms. The van der Waals surface area contributed by atoms with Crippen molar-refractivity contribution in [3.63, 3.8) is 0 Å². The minimum absolute atomic E-state index is 0.158. The molecule has 0 spiro atoms. The zero-order chi connectivity index (χ0) is 19.3. The summed E-state index contributed by atoms with van der Waals surface area (Å²) in [5.74, 6) is -0.434. The van der Waals surface area contributed by atoms with Crippen LogP contribution in [0.5, 0.6) is 0 Å². The predicted molar refractivity (Wildman–Crippen MR) is 100 cm³/mol. The van der Waals surface area contributed by atoms with Crippen molar-refractivity contribution in [1.29, 1.82) is 0 Å². The standard InChI is InChI=1S/C19H27F2N5/c1-12(10-17-13(2)25-26(5)14(17)3)24-19(22-4)23-9-8-15-6-7-16(20)11-18(15)21/h6-7,11-12H,8-10H2,1-5H3,(H2,22,23,24). The fourth-order valence-corrected chi connectivity index (χ4v) is 2.94. The van der Waals surface area contributed by atoms with Crippen molar-refractivity contribution in [2.24, 2.45) is 12.0 Å². The number of aliphatic imine (C=N–C) groups is 1. The summed E-state index contributed by atoms with van der Waals surface area (Å²) in [5, 5.41) is 10.9. The van der Waals surface area contributed by atoms with Gasteiger partial charge in [0.25, 0.3) is 0 Å². The monoisotopic (exact) mass is 363 g/mol. The van der Waals surface area contributed by atoms with Gasteiger partial charge in [-0.25, -0.2) is 8.78 Å². The molecular weight excluding hydrogens is 336 g/mol. The van der Waals surface area contributed by atoms with Crippen LogP contribution in [0.4, 0.5) is 8.78 Å². The Morgan fingerprint density at radius 1 is 1.31 bits per heavy atom. The number of halogens is 2. The number of nitrogens with zero attached hydrogens (tertiary/aromatic N) is 3. The minimum Gasteiger partial charge on any atom is -0.356 e. The summed E-state index contributed by atoms with van der Waals surface area (Å²) in [7, 11) is 3.64. The zero-order valence-corrected chi connectivity index (χ0v) is 16.0. The Morgan fingerprint density at radius 2 is 2.04 bits per heavy atom. The second kappa shape index (κ2) is 8.78. The number of guanidine groups is 1. The van der Waals surface area contributed by atoms with Gasteiger partial charge >= 0.3 is 0 Å². The van der Waals surface area contributed by atoms with E-state index in [0.29, 0.717) is 24.5 Å². The Balaban J connectivity index is 1.86. The Hall–Kier alpha value is -2.44. The smallest absolute Gasteiger partial charge is 0.191 e. The maximum Gasteiger partial charge on any atom is 0.191 e. The lowest BCUT2D eigenvalue weighted by molar-refractivity contribution is 0.570. The highest BCUT2D eigenvalue weighted by molar-refractivity contribution is 5.79. The molecule has 26 heavy (non-hydrogen) atoms. The highest BCUT2D eigenvalue weighted by atomic mass is 19.1. The number of rotatable bonds is 6. The second-order valence-corrected chi connectivity index (χ2v) is 6.51. The van der Waals surface area contributed by atoms with Crippen molar-refractivity contribution in [2.75, 3.05) is 13.6 Å². The van der Waals surface area contributed by atoms with E-state index in [1.165, 1.54) is 17.7 Å². The van der Waals surface area contributed by atoms with E-state index in [-0.39, 0.29) is 6.04 Å². The number of hydrogen-bond donors (Lipinski definition) is 2. The topological polar surface area (TPSA) is 54.2 Å². The van der Waals surface area contributed by atoms with Crippen LogP contribution in [0.3, 0.4) is 0 Å². The van der Waals surface area contributed by atoms with E-state index in [2.05, 4.69) is 34.6 Å². The molecule has 1 heterocycles. The third-order valence-corrected chi connectivity index (χ3v) is 4.48. The quantitative estimate of drug-likeness (QED) is 0.613.